The second-order valence-corrected chi connectivity index (χ2v) is 9.78. The number of hydrogen-bond acceptors (Lipinski definition) is 3. The number of allylic oxidation sites excluding steroid dienone is 2. The van der Waals surface area contributed by atoms with Crippen molar-refractivity contribution >= 4 is 11.8 Å². The summed E-state index contributed by atoms with van der Waals surface area (Å²) in [6.07, 6.45) is 13.3. The molecule has 3 atom stereocenters. The summed E-state index contributed by atoms with van der Waals surface area (Å²) in [5, 5.41) is 5.52. The lowest BCUT2D eigenvalue weighted by atomic mass is 9.89. The van der Waals surface area contributed by atoms with Crippen LogP contribution >= 0.6 is 0 Å². The maximum Gasteiger partial charge on any atom is 0.256 e. The highest BCUT2D eigenvalue weighted by Gasteiger charge is 2.62. The molecule has 2 saturated carbocycles. The zero-order valence-electron chi connectivity index (χ0n) is 19.0. The van der Waals surface area contributed by atoms with Crippen LogP contribution in [0.15, 0.2) is 59.7 Å². The van der Waals surface area contributed by atoms with Crippen LogP contribution < -0.4 is 16.1 Å². The first-order chi connectivity index (χ1) is 16.0. The number of carbonyl (C=O) groups is 2. The Bertz CT molecular complexity index is 1150. The van der Waals surface area contributed by atoms with Crippen molar-refractivity contribution < 1.29 is 9.59 Å². The molecule has 5 rings (SSSR count). The van der Waals surface area contributed by atoms with Gasteiger partial charge in [0.25, 0.3) is 11.8 Å². The lowest BCUT2D eigenvalue weighted by Crippen LogP contribution is -2.37. The van der Waals surface area contributed by atoms with Crippen LogP contribution in [0.3, 0.4) is 0 Å². The highest BCUT2D eigenvalue weighted by atomic mass is 16.2. The molecule has 0 aliphatic heterocycles. The molecule has 1 aromatic carbocycles. The van der Waals surface area contributed by atoms with Crippen LogP contribution in [-0.4, -0.2) is 30.0 Å². The zero-order valence-corrected chi connectivity index (χ0v) is 19.0. The van der Waals surface area contributed by atoms with E-state index in [-0.39, 0.29) is 17.0 Å². The molecule has 2 amide bonds. The number of carbonyl (C=O) groups excluding carboxylic acids is 2. The first-order valence-corrected chi connectivity index (χ1v) is 12.0. The van der Waals surface area contributed by atoms with Crippen LogP contribution in [0.2, 0.25) is 0 Å². The highest BCUT2D eigenvalue weighted by molar-refractivity contribution is 5.99. The van der Waals surface area contributed by atoms with Gasteiger partial charge in [-0.3, -0.25) is 14.4 Å². The van der Waals surface area contributed by atoms with E-state index in [1.165, 1.54) is 25.5 Å². The van der Waals surface area contributed by atoms with Crippen molar-refractivity contribution in [2.75, 3.05) is 13.6 Å². The fourth-order valence-corrected chi connectivity index (χ4v) is 6.00. The molecule has 1 aromatic heterocycles. The molecular weight excluding hydrogens is 414 g/mol. The minimum absolute atomic E-state index is 0.00431. The van der Waals surface area contributed by atoms with E-state index in [9.17, 15) is 14.4 Å². The normalized spacial score (nSPS) is 23.6. The average Bonchev–Trinajstić information content (AvgIpc) is 3.51. The molecule has 3 unspecified atom stereocenters. The molecule has 2 fully saturated rings. The zero-order chi connectivity index (χ0) is 23.0. The molecule has 0 radical (unpaired) electrons. The fraction of sp³-hybridized carbons (Fsp3) is 0.444. The summed E-state index contributed by atoms with van der Waals surface area (Å²) in [4.78, 5) is 38.3. The topological polar surface area (TPSA) is 80.2 Å². The maximum absolute atomic E-state index is 13.0. The van der Waals surface area contributed by atoms with Crippen molar-refractivity contribution in [1.82, 2.24) is 15.2 Å². The van der Waals surface area contributed by atoms with E-state index in [0.717, 1.165) is 19.3 Å². The van der Waals surface area contributed by atoms with Gasteiger partial charge >= 0.3 is 0 Å². The lowest BCUT2D eigenvalue weighted by Gasteiger charge is -2.20. The number of amides is 2. The molecule has 1 heterocycles. The van der Waals surface area contributed by atoms with Gasteiger partial charge in [0, 0.05) is 32.5 Å². The number of pyridine rings is 1. The second-order valence-electron chi connectivity index (χ2n) is 9.78. The van der Waals surface area contributed by atoms with E-state index in [4.69, 9.17) is 0 Å². The van der Waals surface area contributed by atoms with Gasteiger partial charge in [-0.25, -0.2) is 0 Å². The minimum Gasteiger partial charge on any atom is -0.355 e. The number of rotatable bonds is 8. The summed E-state index contributed by atoms with van der Waals surface area (Å²) in [5.74, 6) is 0.777. The van der Waals surface area contributed by atoms with Crippen LogP contribution in [-0.2, 0) is 13.0 Å². The molecule has 6 heteroatoms. The number of benzene rings is 1. The highest BCUT2D eigenvalue weighted by Crippen LogP contribution is 2.69. The number of hydrogen-bond donors (Lipinski definition) is 2. The van der Waals surface area contributed by atoms with Crippen molar-refractivity contribution in [3.63, 3.8) is 0 Å². The van der Waals surface area contributed by atoms with Crippen LogP contribution in [0, 0.1) is 23.2 Å². The van der Waals surface area contributed by atoms with Gasteiger partial charge in [-0.15, -0.1) is 0 Å². The van der Waals surface area contributed by atoms with Gasteiger partial charge < -0.3 is 15.2 Å². The number of aromatic nitrogens is 1. The summed E-state index contributed by atoms with van der Waals surface area (Å²) >= 11 is 0. The van der Waals surface area contributed by atoms with Gasteiger partial charge in [-0.2, -0.15) is 0 Å². The van der Waals surface area contributed by atoms with Gasteiger partial charge in [0.05, 0.1) is 0 Å². The van der Waals surface area contributed by atoms with Crippen molar-refractivity contribution in [3.8, 4) is 0 Å². The summed E-state index contributed by atoms with van der Waals surface area (Å²) in [7, 11) is 1.49. The fourth-order valence-electron chi connectivity index (χ4n) is 6.00. The number of nitrogens with one attached hydrogen (secondary N) is 2. The molecule has 33 heavy (non-hydrogen) atoms. The van der Waals surface area contributed by atoms with E-state index in [0.29, 0.717) is 36.3 Å². The molecule has 0 saturated heterocycles. The molecule has 3 aliphatic rings. The predicted molar refractivity (Wildman–Crippen MR) is 127 cm³/mol. The Morgan fingerprint density at radius 2 is 1.79 bits per heavy atom. The van der Waals surface area contributed by atoms with Gasteiger partial charge in [0.1, 0.15) is 11.1 Å². The number of nitrogens with zero attached hydrogens (tertiary/aromatic N) is 1. The molecular formula is C27H31N3O3. The molecule has 2 aromatic rings. The van der Waals surface area contributed by atoms with Gasteiger partial charge in [0.2, 0.25) is 5.43 Å². The van der Waals surface area contributed by atoms with E-state index >= 15 is 0 Å². The van der Waals surface area contributed by atoms with Gasteiger partial charge in [-0.1, -0.05) is 42.5 Å². The largest absolute Gasteiger partial charge is 0.355 e. The van der Waals surface area contributed by atoms with E-state index in [1.807, 2.05) is 18.2 Å². The molecule has 1 spiro atoms. The van der Waals surface area contributed by atoms with Crippen LogP contribution in [0.4, 0.5) is 0 Å². The Hall–Kier alpha value is -3.15. The summed E-state index contributed by atoms with van der Waals surface area (Å²) in [5.41, 5.74) is 1.23. The Morgan fingerprint density at radius 1 is 1.06 bits per heavy atom. The summed E-state index contributed by atoms with van der Waals surface area (Å²) in [6, 6.07) is 10.2. The Kier molecular flexibility index (Phi) is 5.69. The molecule has 172 valence electrons. The minimum atomic E-state index is -0.516. The van der Waals surface area contributed by atoms with Crippen LogP contribution in [0.25, 0.3) is 0 Å². The quantitative estimate of drug-likeness (QED) is 0.613. The summed E-state index contributed by atoms with van der Waals surface area (Å²) < 4.78 is 1.79. The first kappa shape index (κ1) is 21.7. The van der Waals surface area contributed by atoms with Gasteiger partial charge in [0.15, 0.2) is 0 Å². The SMILES string of the molecule is CNC(=O)c1cn(CCCc2ccccc2)cc(C(=O)NCC2CC3C=CC2C32CC2)c1=O. The molecule has 2 N–H and O–H groups in total. The maximum atomic E-state index is 13.0. The monoisotopic (exact) mass is 445 g/mol. The third-order valence-electron chi connectivity index (χ3n) is 7.89. The summed E-state index contributed by atoms with van der Waals surface area (Å²) in [6.45, 7) is 1.18. The standard InChI is InChI=1S/C27H31N3O3/c1-28-25(32)21-16-30(13-5-8-18-6-3-2-4-7-18)17-22(24(21)31)26(33)29-15-19-14-20-9-10-23(19)27(20)11-12-27/h2-4,6-7,9-10,16-17,19-20,23H,5,8,11-15H2,1H3,(H,28,32)(H,29,33). The molecule has 6 nitrogen and oxygen atoms in total. The van der Waals surface area contributed by atoms with E-state index in [1.54, 1.807) is 17.0 Å². The van der Waals surface area contributed by atoms with Crippen LogP contribution in [0.1, 0.15) is 52.0 Å². The molecule has 3 aliphatic carbocycles. The van der Waals surface area contributed by atoms with Crippen molar-refractivity contribution in [1.29, 1.82) is 0 Å². The Balaban J connectivity index is 1.29. The average molecular weight is 446 g/mol. The third-order valence-corrected chi connectivity index (χ3v) is 7.89. The lowest BCUT2D eigenvalue weighted by molar-refractivity contribution is 0.0942. The van der Waals surface area contributed by atoms with Crippen molar-refractivity contribution in [3.05, 3.63) is 81.8 Å². The third kappa shape index (κ3) is 4.03. The first-order valence-electron chi connectivity index (χ1n) is 12.0. The predicted octanol–water partition coefficient (Wildman–Crippen LogP) is 3.17. The van der Waals surface area contributed by atoms with Gasteiger partial charge in [-0.05, 0) is 60.8 Å². The van der Waals surface area contributed by atoms with E-state index < -0.39 is 11.3 Å². The molecule has 2 bridgehead atoms. The Morgan fingerprint density at radius 3 is 2.45 bits per heavy atom. The van der Waals surface area contributed by atoms with Crippen molar-refractivity contribution in [2.45, 2.75) is 38.6 Å². The Labute approximate surface area is 194 Å². The smallest absolute Gasteiger partial charge is 0.256 e. The van der Waals surface area contributed by atoms with E-state index in [2.05, 4.69) is 34.9 Å². The van der Waals surface area contributed by atoms with Crippen molar-refractivity contribution in [2.24, 2.45) is 23.2 Å². The number of aryl methyl sites for hydroxylation is 2. The second kappa shape index (κ2) is 8.65. The van der Waals surface area contributed by atoms with Crippen LogP contribution in [0.5, 0.6) is 0 Å².